The molecule has 0 radical (unpaired) electrons. The second-order valence-electron chi connectivity index (χ2n) is 4.05. The van der Waals surface area contributed by atoms with Crippen LogP contribution in [0.5, 0.6) is 0 Å². The fourth-order valence-electron chi connectivity index (χ4n) is 1.92. The van der Waals surface area contributed by atoms with E-state index < -0.39 is 12.6 Å². The van der Waals surface area contributed by atoms with Crippen molar-refractivity contribution in [2.45, 2.75) is 25.4 Å². The average molecular weight is 240 g/mol. The number of carbonyl (C=O) groups is 1. The second-order valence-corrected chi connectivity index (χ2v) is 4.05. The zero-order chi connectivity index (χ0) is 12.5. The van der Waals surface area contributed by atoms with Crippen molar-refractivity contribution in [1.29, 1.82) is 0 Å². The summed E-state index contributed by atoms with van der Waals surface area (Å²) in [5.74, 6) is -0.136. The number of benzene rings is 1. The fourth-order valence-corrected chi connectivity index (χ4v) is 1.92. The normalized spacial score (nSPS) is 14.8. The van der Waals surface area contributed by atoms with Crippen LogP contribution in [-0.2, 0) is 0 Å². The van der Waals surface area contributed by atoms with E-state index in [0.29, 0.717) is 11.1 Å². The average Bonchev–Trinajstić information content (AvgIpc) is 2.55. The minimum absolute atomic E-state index is 0.0327. The Bertz CT molecular complexity index is 472. The molecule has 17 heavy (non-hydrogen) atoms. The molecule has 0 amide bonds. The lowest BCUT2D eigenvalue weighted by molar-refractivity contribution is -0.135. The molecular weight excluding hydrogens is 229 g/mol. The molecule has 1 aromatic rings. The summed E-state index contributed by atoms with van der Waals surface area (Å²) in [6, 6.07) is 7.05. The van der Waals surface area contributed by atoms with Gasteiger partial charge in [0.2, 0.25) is 0 Å². The summed E-state index contributed by atoms with van der Waals surface area (Å²) in [5, 5.41) is 0. The number of hydrogen-bond donors (Lipinski definition) is 0. The largest absolute Gasteiger partial charge is 0.389 e. The van der Waals surface area contributed by atoms with Crippen molar-refractivity contribution in [3.8, 4) is 0 Å². The first-order chi connectivity index (χ1) is 7.97. The van der Waals surface area contributed by atoms with Crippen LogP contribution >= 0.6 is 0 Å². The third-order valence-electron chi connectivity index (χ3n) is 2.73. The van der Waals surface area contributed by atoms with Crippen LogP contribution in [0.1, 0.15) is 35.2 Å². The van der Waals surface area contributed by atoms with Crippen LogP contribution < -0.4 is 0 Å². The maximum absolute atomic E-state index is 12.0. The molecule has 1 aliphatic rings. The number of halogens is 3. The first-order valence-corrected chi connectivity index (χ1v) is 5.38. The lowest BCUT2D eigenvalue weighted by atomic mass is 10.0. The predicted octanol–water partition coefficient (Wildman–Crippen LogP) is 4.00. The van der Waals surface area contributed by atoms with E-state index in [2.05, 4.69) is 0 Å². The smallest absolute Gasteiger partial charge is 0.289 e. The molecule has 90 valence electrons. The molecular formula is C13H11F3O. The van der Waals surface area contributed by atoms with E-state index in [0.717, 1.165) is 5.56 Å². The molecule has 0 N–H and O–H groups in total. The first kappa shape index (κ1) is 11.9. The topological polar surface area (TPSA) is 17.1 Å². The minimum atomic E-state index is -4.14. The van der Waals surface area contributed by atoms with E-state index in [1.165, 1.54) is 0 Å². The van der Waals surface area contributed by atoms with Crippen molar-refractivity contribution in [1.82, 2.24) is 0 Å². The lowest BCUT2D eigenvalue weighted by Crippen LogP contribution is -2.07. The van der Waals surface area contributed by atoms with E-state index >= 15 is 0 Å². The minimum Gasteiger partial charge on any atom is -0.289 e. The Hall–Kier alpha value is -1.58. The van der Waals surface area contributed by atoms with Crippen LogP contribution in [0.2, 0.25) is 0 Å². The number of fused-ring (bicyclic) bond motifs is 1. The molecule has 0 spiro atoms. The standard InChI is InChI=1S/C13H11F3O/c14-13(15,16)7-3-5-10-8-9-4-1-2-6-11(9)12(10)17/h1-2,4,6,8H,3,5,7H2. The SMILES string of the molecule is O=C1C(CCCC(F)(F)F)=Cc2ccccc21. The number of hydrogen-bond acceptors (Lipinski definition) is 1. The predicted molar refractivity (Wildman–Crippen MR) is 58.7 cm³/mol. The highest BCUT2D eigenvalue weighted by Gasteiger charge is 2.28. The van der Waals surface area contributed by atoms with Gasteiger partial charge in [-0.05, 0) is 24.5 Å². The summed E-state index contributed by atoms with van der Waals surface area (Å²) in [6.45, 7) is 0. The van der Waals surface area contributed by atoms with Crippen molar-refractivity contribution < 1.29 is 18.0 Å². The van der Waals surface area contributed by atoms with Crippen LogP contribution in [0.4, 0.5) is 13.2 Å². The Kier molecular flexibility index (Phi) is 3.05. The van der Waals surface area contributed by atoms with Gasteiger partial charge in [-0.2, -0.15) is 13.2 Å². The van der Waals surface area contributed by atoms with E-state index in [1.54, 1.807) is 30.3 Å². The van der Waals surface area contributed by atoms with Crippen molar-refractivity contribution in [2.24, 2.45) is 0 Å². The number of allylic oxidation sites excluding steroid dienone is 1. The molecule has 1 nitrogen and oxygen atoms in total. The zero-order valence-electron chi connectivity index (χ0n) is 9.05. The summed E-state index contributed by atoms with van der Waals surface area (Å²) in [4.78, 5) is 11.8. The van der Waals surface area contributed by atoms with Crippen LogP contribution in [0.3, 0.4) is 0 Å². The number of alkyl halides is 3. The first-order valence-electron chi connectivity index (χ1n) is 5.38. The fraction of sp³-hybridized carbons (Fsp3) is 0.308. The van der Waals surface area contributed by atoms with Crippen LogP contribution in [-0.4, -0.2) is 12.0 Å². The van der Waals surface area contributed by atoms with E-state index in [-0.39, 0.29) is 18.6 Å². The molecule has 0 fully saturated rings. The van der Waals surface area contributed by atoms with E-state index in [4.69, 9.17) is 0 Å². The number of Topliss-reactive ketones (excluding diaryl/α,β-unsaturated/α-hetero) is 1. The molecule has 0 saturated heterocycles. The van der Waals surface area contributed by atoms with Crippen LogP contribution in [0, 0.1) is 0 Å². The zero-order valence-corrected chi connectivity index (χ0v) is 9.05. The molecule has 0 aliphatic heterocycles. The van der Waals surface area contributed by atoms with Gasteiger partial charge < -0.3 is 0 Å². The van der Waals surface area contributed by atoms with Crippen molar-refractivity contribution in [3.63, 3.8) is 0 Å². The lowest BCUT2D eigenvalue weighted by Gasteiger charge is -2.05. The van der Waals surface area contributed by atoms with Crippen molar-refractivity contribution in [3.05, 3.63) is 41.0 Å². The highest BCUT2D eigenvalue weighted by atomic mass is 19.4. The van der Waals surface area contributed by atoms with Gasteiger partial charge in [-0.1, -0.05) is 24.3 Å². The van der Waals surface area contributed by atoms with Gasteiger partial charge in [0.1, 0.15) is 0 Å². The van der Waals surface area contributed by atoms with Gasteiger partial charge in [-0.3, -0.25) is 4.79 Å². The van der Waals surface area contributed by atoms with Crippen molar-refractivity contribution in [2.75, 3.05) is 0 Å². The van der Waals surface area contributed by atoms with Crippen molar-refractivity contribution >= 4 is 11.9 Å². The molecule has 1 aliphatic carbocycles. The van der Waals surface area contributed by atoms with Gasteiger partial charge in [0.05, 0.1) is 0 Å². The second kappa shape index (κ2) is 4.35. The molecule has 0 heterocycles. The van der Waals surface area contributed by atoms with E-state index in [1.807, 2.05) is 0 Å². The highest BCUT2D eigenvalue weighted by Crippen LogP contribution is 2.30. The summed E-state index contributed by atoms with van der Waals surface area (Å²) in [7, 11) is 0. The Labute approximate surface area is 96.9 Å². The van der Waals surface area contributed by atoms with Gasteiger partial charge in [0.15, 0.2) is 5.78 Å². The summed E-state index contributed by atoms with van der Waals surface area (Å²) in [6.07, 6.45) is -3.14. The Morgan fingerprint density at radius 3 is 2.47 bits per heavy atom. The maximum atomic E-state index is 12.0. The molecule has 0 saturated carbocycles. The van der Waals surface area contributed by atoms with E-state index in [9.17, 15) is 18.0 Å². The Morgan fingerprint density at radius 1 is 1.12 bits per heavy atom. The third-order valence-corrected chi connectivity index (χ3v) is 2.73. The summed E-state index contributed by atoms with van der Waals surface area (Å²) in [5.41, 5.74) is 1.88. The van der Waals surface area contributed by atoms with Gasteiger partial charge in [0.25, 0.3) is 0 Å². The molecule has 1 aromatic carbocycles. The Balaban J connectivity index is 2.00. The summed E-state index contributed by atoms with van der Waals surface area (Å²) >= 11 is 0. The summed E-state index contributed by atoms with van der Waals surface area (Å²) < 4.78 is 36.0. The monoisotopic (exact) mass is 240 g/mol. The van der Waals surface area contributed by atoms with Gasteiger partial charge in [-0.15, -0.1) is 0 Å². The third kappa shape index (κ3) is 2.75. The highest BCUT2D eigenvalue weighted by molar-refractivity contribution is 6.17. The number of rotatable bonds is 3. The molecule has 4 heteroatoms. The number of carbonyl (C=O) groups excluding carboxylic acids is 1. The molecule has 0 aromatic heterocycles. The number of ketones is 1. The van der Waals surface area contributed by atoms with Gasteiger partial charge in [0, 0.05) is 17.6 Å². The van der Waals surface area contributed by atoms with Gasteiger partial charge in [-0.25, -0.2) is 0 Å². The maximum Gasteiger partial charge on any atom is 0.389 e. The molecule has 0 unspecified atom stereocenters. The van der Waals surface area contributed by atoms with Gasteiger partial charge >= 0.3 is 6.18 Å². The van der Waals surface area contributed by atoms with Crippen LogP contribution in [0.25, 0.3) is 6.08 Å². The molecule has 2 rings (SSSR count). The van der Waals surface area contributed by atoms with Crippen LogP contribution in [0.15, 0.2) is 29.8 Å². The molecule has 0 atom stereocenters. The molecule has 0 bridgehead atoms. The Morgan fingerprint density at radius 2 is 1.82 bits per heavy atom. The quantitative estimate of drug-likeness (QED) is 0.780.